The molecule has 0 heterocycles. The van der Waals surface area contributed by atoms with Gasteiger partial charge in [-0.3, -0.25) is 14.4 Å². The summed E-state index contributed by atoms with van der Waals surface area (Å²) in [5.74, 6) is 1.38. The van der Waals surface area contributed by atoms with Crippen molar-refractivity contribution >= 4 is 17.5 Å². The standard InChI is InChI=1S/C29H38O5/c1-15(30)34-17-8-10-28(2)16(12-17)4-5-18-21(28)9-11-29(3)22(18)13-20-26-19(14-25(33)27(20)29)23(31)6-7-24(26)32/h4,6-7,17-23,26-27,31H,5,8-14H2,1-3H3/t17-,18?,19?,20?,21?,22?,23+,26?,27?,28-,29-/m0/s1. The van der Waals surface area contributed by atoms with Crippen molar-refractivity contribution < 1.29 is 24.2 Å². The number of aliphatic hydroxyl groups excluding tert-OH is 1. The number of fused-ring (bicyclic) bond motifs is 9. The molecule has 0 aromatic rings. The predicted molar refractivity (Wildman–Crippen MR) is 126 cm³/mol. The lowest BCUT2D eigenvalue weighted by Crippen LogP contribution is -2.53. The summed E-state index contributed by atoms with van der Waals surface area (Å²) in [6, 6.07) is 0. The van der Waals surface area contributed by atoms with E-state index in [0.717, 1.165) is 44.9 Å². The van der Waals surface area contributed by atoms with Gasteiger partial charge in [-0.05, 0) is 79.1 Å². The van der Waals surface area contributed by atoms with E-state index in [1.807, 2.05) is 0 Å². The number of allylic oxidation sites excluding steroid dienone is 2. The number of carbonyl (C=O) groups is 3. The Morgan fingerprint density at radius 2 is 1.85 bits per heavy atom. The maximum Gasteiger partial charge on any atom is 0.302 e. The fourth-order valence-electron chi connectivity index (χ4n) is 10.0. The highest BCUT2D eigenvalue weighted by Crippen LogP contribution is 2.69. The first kappa shape index (κ1) is 22.7. The summed E-state index contributed by atoms with van der Waals surface area (Å²) in [6.07, 6.45) is 12.2. The molecular weight excluding hydrogens is 428 g/mol. The first-order valence-electron chi connectivity index (χ1n) is 13.4. The molecule has 0 spiro atoms. The second kappa shape index (κ2) is 7.62. The number of ether oxygens (including phenoxy) is 1. The average molecular weight is 467 g/mol. The van der Waals surface area contributed by atoms with E-state index in [9.17, 15) is 19.5 Å². The molecule has 0 radical (unpaired) electrons. The summed E-state index contributed by atoms with van der Waals surface area (Å²) in [4.78, 5) is 38.0. The van der Waals surface area contributed by atoms with E-state index >= 15 is 0 Å². The van der Waals surface area contributed by atoms with Gasteiger partial charge in [-0.2, -0.15) is 0 Å². The molecule has 5 nitrogen and oxygen atoms in total. The normalized spacial score (nSPS) is 51.4. The molecular formula is C29H38O5. The third kappa shape index (κ3) is 3.04. The summed E-state index contributed by atoms with van der Waals surface area (Å²) in [5, 5.41) is 10.6. The number of Topliss-reactive ketones (excluding diaryl/α,β-unsaturated/α-hetero) is 1. The lowest BCUT2D eigenvalue weighted by atomic mass is 9.47. The Kier molecular flexibility index (Phi) is 5.09. The van der Waals surface area contributed by atoms with Gasteiger partial charge in [-0.1, -0.05) is 31.6 Å². The fraction of sp³-hybridized carbons (Fsp3) is 0.759. The molecule has 11 atom stereocenters. The van der Waals surface area contributed by atoms with Crippen molar-refractivity contribution in [2.75, 3.05) is 0 Å². The summed E-state index contributed by atoms with van der Waals surface area (Å²) in [7, 11) is 0. The van der Waals surface area contributed by atoms with Gasteiger partial charge in [-0.25, -0.2) is 0 Å². The molecule has 0 saturated heterocycles. The van der Waals surface area contributed by atoms with Crippen LogP contribution < -0.4 is 0 Å². The van der Waals surface area contributed by atoms with E-state index < -0.39 is 6.10 Å². The largest absolute Gasteiger partial charge is 0.462 e. The number of carbonyl (C=O) groups excluding carboxylic acids is 3. The number of hydrogen-bond donors (Lipinski definition) is 1. The second-order valence-electron chi connectivity index (χ2n) is 12.8. The van der Waals surface area contributed by atoms with Gasteiger partial charge >= 0.3 is 5.97 Å². The van der Waals surface area contributed by atoms with Crippen LogP contribution in [0.5, 0.6) is 0 Å². The van der Waals surface area contributed by atoms with E-state index in [-0.39, 0.29) is 58.1 Å². The molecule has 4 saturated carbocycles. The van der Waals surface area contributed by atoms with Gasteiger partial charge in [-0.15, -0.1) is 0 Å². The maximum atomic E-state index is 13.5. The Labute approximate surface area is 202 Å². The molecule has 6 rings (SSSR count). The Morgan fingerprint density at radius 1 is 1.06 bits per heavy atom. The van der Waals surface area contributed by atoms with Gasteiger partial charge < -0.3 is 9.84 Å². The highest BCUT2D eigenvalue weighted by atomic mass is 16.5. The van der Waals surface area contributed by atoms with Gasteiger partial charge in [0.2, 0.25) is 0 Å². The first-order chi connectivity index (χ1) is 16.1. The van der Waals surface area contributed by atoms with E-state index in [1.54, 1.807) is 12.2 Å². The summed E-state index contributed by atoms with van der Waals surface area (Å²) in [5.41, 5.74) is 1.56. The van der Waals surface area contributed by atoms with Gasteiger partial charge in [0.05, 0.1) is 6.10 Å². The van der Waals surface area contributed by atoms with Crippen LogP contribution in [-0.4, -0.2) is 34.9 Å². The van der Waals surface area contributed by atoms with Gasteiger partial charge in [0.25, 0.3) is 0 Å². The van der Waals surface area contributed by atoms with Crippen LogP contribution in [-0.2, 0) is 19.1 Å². The molecule has 6 aliphatic rings. The fourth-order valence-corrected chi connectivity index (χ4v) is 10.0. The van der Waals surface area contributed by atoms with Gasteiger partial charge in [0, 0.05) is 37.5 Å². The van der Waals surface area contributed by atoms with Crippen LogP contribution >= 0.6 is 0 Å². The molecule has 6 aliphatic carbocycles. The number of aliphatic hydroxyl groups is 1. The molecule has 4 fully saturated rings. The Morgan fingerprint density at radius 3 is 2.62 bits per heavy atom. The minimum absolute atomic E-state index is 0.00272. The molecule has 184 valence electrons. The van der Waals surface area contributed by atoms with Crippen molar-refractivity contribution in [2.24, 2.45) is 52.3 Å². The number of ketones is 2. The quantitative estimate of drug-likeness (QED) is 0.457. The van der Waals surface area contributed by atoms with E-state index in [4.69, 9.17) is 4.74 Å². The van der Waals surface area contributed by atoms with Crippen molar-refractivity contribution in [3.63, 3.8) is 0 Å². The van der Waals surface area contributed by atoms with Crippen LogP contribution in [0.1, 0.15) is 72.1 Å². The van der Waals surface area contributed by atoms with Crippen molar-refractivity contribution in [3.05, 3.63) is 23.8 Å². The van der Waals surface area contributed by atoms with Gasteiger partial charge in [0.15, 0.2) is 5.78 Å². The molecule has 0 aromatic carbocycles. The van der Waals surface area contributed by atoms with Gasteiger partial charge in [0.1, 0.15) is 11.9 Å². The van der Waals surface area contributed by atoms with Crippen LogP contribution in [0, 0.1) is 52.3 Å². The average Bonchev–Trinajstić information content (AvgIpc) is 3.10. The second-order valence-corrected chi connectivity index (χ2v) is 12.8. The number of hydrogen-bond acceptors (Lipinski definition) is 5. The SMILES string of the molecule is CC(=O)O[C@H]1CC[C@@]2(C)C(=CCC3C4CC5C6C(=O)C=C[C@@H](O)C6CC(=O)C5[C@@]4(C)CCC32)C1. The highest BCUT2D eigenvalue weighted by molar-refractivity contribution is 5.96. The number of esters is 1. The Balaban J connectivity index is 1.31. The molecule has 34 heavy (non-hydrogen) atoms. The molecule has 5 heteroatoms. The monoisotopic (exact) mass is 466 g/mol. The van der Waals surface area contributed by atoms with Crippen LogP contribution in [0.15, 0.2) is 23.8 Å². The van der Waals surface area contributed by atoms with Crippen LogP contribution in [0.4, 0.5) is 0 Å². The van der Waals surface area contributed by atoms with Crippen LogP contribution in [0.25, 0.3) is 0 Å². The Bertz CT molecular complexity index is 994. The summed E-state index contributed by atoms with van der Waals surface area (Å²) >= 11 is 0. The lowest BCUT2D eigenvalue weighted by molar-refractivity contribution is -0.150. The zero-order chi connectivity index (χ0) is 24.0. The molecule has 0 aromatic heterocycles. The zero-order valence-electron chi connectivity index (χ0n) is 20.7. The highest BCUT2D eigenvalue weighted by Gasteiger charge is 2.66. The molecule has 0 amide bonds. The summed E-state index contributed by atoms with van der Waals surface area (Å²) < 4.78 is 5.58. The lowest BCUT2D eigenvalue weighted by Gasteiger charge is -2.58. The minimum atomic E-state index is -0.678. The van der Waals surface area contributed by atoms with E-state index in [0.29, 0.717) is 24.2 Å². The van der Waals surface area contributed by atoms with Crippen LogP contribution in [0.2, 0.25) is 0 Å². The van der Waals surface area contributed by atoms with Crippen molar-refractivity contribution in [3.8, 4) is 0 Å². The topological polar surface area (TPSA) is 80.7 Å². The predicted octanol–water partition coefficient (Wildman–Crippen LogP) is 4.43. The van der Waals surface area contributed by atoms with E-state index in [2.05, 4.69) is 19.9 Å². The van der Waals surface area contributed by atoms with E-state index in [1.165, 1.54) is 12.5 Å². The Hall–Kier alpha value is -1.75. The van der Waals surface area contributed by atoms with Crippen molar-refractivity contribution in [2.45, 2.75) is 84.3 Å². The van der Waals surface area contributed by atoms with Crippen molar-refractivity contribution in [1.82, 2.24) is 0 Å². The zero-order valence-corrected chi connectivity index (χ0v) is 20.7. The molecule has 1 N–H and O–H groups in total. The first-order valence-corrected chi connectivity index (χ1v) is 13.4. The maximum absolute atomic E-state index is 13.5. The third-order valence-electron chi connectivity index (χ3n) is 11.4. The molecule has 0 bridgehead atoms. The molecule has 7 unspecified atom stereocenters. The smallest absolute Gasteiger partial charge is 0.302 e. The number of rotatable bonds is 1. The third-order valence-corrected chi connectivity index (χ3v) is 11.4. The minimum Gasteiger partial charge on any atom is -0.462 e. The van der Waals surface area contributed by atoms with Crippen molar-refractivity contribution in [1.29, 1.82) is 0 Å². The summed E-state index contributed by atoms with van der Waals surface area (Å²) in [6.45, 7) is 6.27. The van der Waals surface area contributed by atoms with Crippen LogP contribution in [0.3, 0.4) is 0 Å². The molecule has 0 aliphatic heterocycles.